The highest BCUT2D eigenvalue weighted by molar-refractivity contribution is 5.81. The van der Waals surface area contributed by atoms with Crippen molar-refractivity contribution < 1.29 is 29.6 Å². The van der Waals surface area contributed by atoms with E-state index in [0.717, 1.165) is 32.1 Å². The second kappa shape index (κ2) is 6.37. The van der Waals surface area contributed by atoms with Gasteiger partial charge in [-0.15, -0.1) is 0 Å². The zero-order chi connectivity index (χ0) is 26.1. The number of carbonyl (C=O) groups is 1. The first-order chi connectivity index (χ1) is 16.5. The molecule has 0 unspecified atom stereocenters. The number of hydrogen-bond acceptors (Lipinski definition) is 6. The van der Waals surface area contributed by atoms with E-state index in [0.29, 0.717) is 12.8 Å². The van der Waals surface area contributed by atoms with Gasteiger partial charge in [-0.05, 0) is 65.6 Å². The van der Waals surface area contributed by atoms with Crippen LogP contribution in [0.5, 0.6) is 0 Å². The lowest BCUT2D eigenvalue weighted by atomic mass is 9.31. The van der Waals surface area contributed by atoms with Gasteiger partial charge < -0.3 is 24.8 Å². The van der Waals surface area contributed by atoms with E-state index in [9.17, 15) is 20.1 Å². The van der Waals surface area contributed by atoms with Gasteiger partial charge in [0, 0.05) is 30.1 Å². The number of fused-ring (bicyclic) bond motifs is 5. The highest BCUT2D eigenvalue weighted by Crippen LogP contribution is 2.81. The molecule has 6 heteroatoms. The van der Waals surface area contributed by atoms with E-state index in [1.165, 1.54) is 0 Å². The van der Waals surface area contributed by atoms with Crippen LogP contribution in [0.15, 0.2) is 0 Å². The van der Waals surface area contributed by atoms with Crippen molar-refractivity contribution in [2.45, 2.75) is 124 Å². The summed E-state index contributed by atoms with van der Waals surface area (Å²) in [4.78, 5) is 13.5. The summed E-state index contributed by atoms with van der Waals surface area (Å²) in [6, 6.07) is 0. The lowest BCUT2D eigenvalue weighted by Crippen LogP contribution is -2.72. The van der Waals surface area contributed by atoms with Crippen molar-refractivity contribution in [3.8, 4) is 0 Å². The number of aliphatic hydroxyl groups excluding tert-OH is 2. The van der Waals surface area contributed by atoms with Gasteiger partial charge in [0.05, 0.1) is 23.7 Å². The molecule has 0 amide bonds. The predicted molar refractivity (Wildman–Crippen MR) is 132 cm³/mol. The Balaban J connectivity index is 1.39. The molecule has 0 aromatic rings. The Bertz CT molecular complexity index is 1040. The molecule has 202 valence electrons. The fourth-order valence-electron chi connectivity index (χ4n) is 12.5. The van der Waals surface area contributed by atoms with Crippen LogP contribution in [0.25, 0.3) is 0 Å². The molecule has 2 heterocycles. The average molecular weight is 503 g/mol. The van der Waals surface area contributed by atoms with Crippen LogP contribution in [0.4, 0.5) is 0 Å². The minimum atomic E-state index is -1.29. The van der Waals surface area contributed by atoms with Gasteiger partial charge in [0.2, 0.25) is 0 Å². The SMILES string of the molecule is CC1(C)[C@@H]2C[C@@]3(CC[C@]4(C)[C@@H]5[C@@H]3[C@@H]1O[C@]5(O)C[C@@H]1[C@@]3(C)C[C@@H](O)[C@@H](O)C(C)(C)[C@@H]3CC[C@]14C)C(=O)O2. The maximum Gasteiger partial charge on any atom is 0.312 e. The molecule has 36 heavy (non-hydrogen) atoms. The second-order valence-electron chi connectivity index (χ2n) is 16.2. The third-order valence-electron chi connectivity index (χ3n) is 14.5. The number of hydrogen-bond donors (Lipinski definition) is 3. The van der Waals surface area contributed by atoms with Crippen molar-refractivity contribution in [1.82, 2.24) is 0 Å². The van der Waals surface area contributed by atoms with Crippen molar-refractivity contribution in [2.75, 3.05) is 0 Å². The average Bonchev–Trinajstić information content (AvgIpc) is 3.27. The van der Waals surface area contributed by atoms with E-state index in [1.807, 2.05) is 0 Å². The Kier molecular flexibility index (Phi) is 4.31. The first kappa shape index (κ1) is 24.4. The lowest BCUT2D eigenvalue weighted by Gasteiger charge is -2.73. The molecule has 2 aliphatic heterocycles. The molecule has 2 bridgehead atoms. The van der Waals surface area contributed by atoms with E-state index < -0.39 is 28.8 Å². The van der Waals surface area contributed by atoms with Gasteiger partial charge >= 0.3 is 5.97 Å². The minimum Gasteiger partial charge on any atom is -0.461 e. The zero-order valence-electron chi connectivity index (χ0n) is 23.1. The Labute approximate surface area is 215 Å². The number of rotatable bonds is 0. The van der Waals surface area contributed by atoms with Crippen LogP contribution in [0, 0.1) is 56.2 Å². The summed E-state index contributed by atoms with van der Waals surface area (Å²) in [5, 5.41) is 34.7. The van der Waals surface area contributed by atoms with Crippen molar-refractivity contribution in [2.24, 2.45) is 56.2 Å². The molecular formula is C30H46O6. The molecule has 0 aromatic carbocycles. The van der Waals surface area contributed by atoms with Gasteiger partial charge in [0.15, 0.2) is 5.79 Å². The Hall–Kier alpha value is -0.690. The molecule has 13 atom stereocenters. The maximum atomic E-state index is 13.5. The van der Waals surface area contributed by atoms with Gasteiger partial charge in [0.1, 0.15) is 6.10 Å². The molecular weight excluding hydrogens is 456 g/mol. The van der Waals surface area contributed by atoms with Gasteiger partial charge in [-0.1, -0.05) is 48.5 Å². The van der Waals surface area contributed by atoms with E-state index in [2.05, 4.69) is 48.5 Å². The predicted octanol–water partition coefficient (Wildman–Crippen LogP) is 4.04. The molecule has 7 fully saturated rings. The lowest BCUT2D eigenvalue weighted by molar-refractivity contribution is -0.334. The van der Waals surface area contributed by atoms with Crippen molar-refractivity contribution in [3.63, 3.8) is 0 Å². The Morgan fingerprint density at radius 2 is 1.53 bits per heavy atom. The third kappa shape index (κ3) is 2.29. The van der Waals surface area contributed by atoms with Crippen LogP contribution in [0.1, 0.15) is 93.4 Å². The fraction of sp³-hybridized carbons (Fsp3) is 0.967. The van der Waals surface area contributed by atoms with Crippen LogP contribution in [0.3, 0.4) is 0 Å². The van der Waals surface area contributed by atoms with Crippen molar-refractivity contribution in [3.05, 3.63) is 0 Å². The minimum absolute atomic E-state index is 0.0268. The van der Waals surface area contributed by atoms with Crippen LogP contribution >= 0.6 is 0 Å². The van der Waals surface area contributed by atoms with E-state index in [-0.39, 0.29) is 63.5 Å². The summed E-state index contributed by atoms with van der Waals surface area (Å²) < 4.78 is 12.9. The molecule has 2 saturated heterocycles. The van der Waals surface area contributed by atoms with Gasteiger partial charge in [-0.2, -0.15) is 0 Å². The van der Waals surface area contributed by atoms with E-state index in [1.54, 1.807) is 0 Å². The van der Waals surface area contributed by atoms with Crippen LogP contribution in [-0.2, 0) is 14.3 Å². The Morgan fingerprint density at radius 3 is 2.22 bits per heavy atom. The summed E-state index contributed by atoms with van der Waals surface area (Å²) in [7, 11) is 0. The Morgan fingerprint density at radius 1 is 0.833 bits per heavy atom. The van der Waals surface area contributed by atoms with Crippen LogP contribution in [-0.4, -0.2) is 51.5 Å². The molecule has 3 N–H and O–H groups in total. The van der Waals surface area contributed by atoms with Crippen molar-refractivity contribution >= 4 is 5.97 Å². The summed E-state index contributed by atoms with van der Waals surface area (Å²) in [6.45, 7) is 15.7. The van der Waals surface area contributed by atoms with E-state index in [4.69, 9.17) is 9.47 Å². The summed E-state index contributed by atoms with van der Waals surface area (Å²) in [5.41, 5.74) is -1.76. The molecule has 6 nitrogen and oxygen atoms in total. The topological polar surface area (TPSA) is 96.2 Å². The summed E-state index contributed by atoms with van der Waals surface area (Å²) >= 11 is 0. The molecule has 1 spiro atoms. The molecule has 5 saturated carbocycles. The second-order valence-corrected chi connectivity index (χ2v) is 16.2. The molecule has 7 aliphatic rings. The van der Waals surface area contributed by atoms with Crippen LogP contribution < -0.4 is 0 Å². The van der Waals surface area contributed by atoms with Crippen LogP contribution in [0.2, 0.25) is 0 Å². The largest absolute Gasteiger partial charge is 0.461 e. The normalized spacial score (nSPS) is 63.7. The standard InChI is InChI=1S/C30H46O6/c1-24(2)16-8-9-27(6)17(26(16,5)12-15(31)21(24)32)13-30(34)20-19-22(36-30)25(3,4)18-14-29(19,23(33)35-18)11-10-28(20,27)7/h15-22,31-32,34H,8-14H2,1-7H3/t15-,16+,17-,18+,19-,20+,21-,22+,26+,27-,28-,29-,30-/m1/s1. The van der Waals surface area contributed by atoms with Gasteiger partial charge in [-0.3, -0.25) is 4.79 Å². The van der Waals surface area contributed by atoms with Crippen molar-refractivity contribution in [1.29, 1.82) is 0 Å². The molecule has 7 rings (SSSR count). The van der Waals surface area contributed by atoms with E-state index >= 15 is 0 Å². The third-order valence-corrected chi connectivity index (χ3v) is 14.5. The quantitative estimate of drug-likeness (QED) is 0.433. The zero-order valence-corrected chi connectivity index (χ0v) is 23.1. The molecule has 5 aliphatic carbocycles. The number of esters is 1. The highest BCUT2D eigenvalue weighted by atomic mass is 16.6. The molecule has 0 aromatic heterocycles. The number of carbonyl (C=O) groups excluding carboxylic acids is 1. The summed E-state index contributed by atoms with van der Waals surface area (Å²) in [5.74, 6) is -1.08. The smallest absolute Gasteiger partial charge is 0.312 e. The first-order valence-electron chi connectivity index (χ1n) is 14.5. The number of aliphatic hydroxyl groups is 3. The molecule has 0 radical (unpaired) electrons. The van der Waals surface area contributed by atoms with Gasteiger partial charge in [0.25, 0.3) is 0 Å². The first-order valence-corrected chi connectivity index (χ1v) is 14.5. The van der Waals surface area contributed by atoms with Gasteiger partial charge in [-0.25, -0.2) is 0 Å². The maximum absolute atomic E-state index is 13.5. The monoisotopic (exact) mass is 502 g/mol. The summed E-state index contributed by atoms with van der Waals surface area (Å²) in [6.07, 6.45) is 3.71. The fourth-order valence-corrected chi connectivity index (χ4v) is 12.5. The number of ether oxygens (including phenoxy) is 2. The highest BCUT2D eigenvalue weighted by Gasteiger charge is 2.83.